The maximum Gasteiger partial charge on any atom is 0.282 e. The minimum atomic E-state index is -0.488. The molecule has 28 heavy (non-hydrogen) atoms. The van der Waals surface area contributed by atoms with E-state index in [1.807, 2.05) is 6.07 Å². The molecule has 1 aromatic heterocycles. The molecule has 0 radical (unpaired) electrons. The van der Waals surface area contributed by atoms with E-state index >= 15 is 0 Å². The van der Waals surface area contributed by atoms with E-state index in [9.17, 15) is 14.4 Å². The van der Waals surface area contributed by atoms with Gasteiger partial charge in [0, 0.05) is 11.1 Å². The fourth-order valence-corrected chi connectivity index (χ4v) is 2.91. The molecule has 2 heterocycles. The smallest absolute Gasteiger partial charge is 0.282 e. The van der Waals surface area contributed by atoms with Crippen LogP contribution in [0.1, 0.15) is 23.0 Å². The van der Waals surface area contributed by atoms with Gasteiger partial charge in [0.05, 0.1) is 5.69 Å². The normalized spacial score (nSPS) is 15.2. The Kier molecular flexibility index (Phi) is 4.37. The van der Waals surface area contributed by atoms with E-state index < -0.39 is 11.8 Å². The van der Waals surface area contributed by atoms with Gasteiger partial charge in [0.25, 0.3) is 11.8 Å². The number of nitrogens with zero attached hydrogens (tertiary/aromatic N) is 1. The van der Waals surface area contributed by atoms with Crippen LogP contribution in [-0.2, 0) is 9.59 Å². The minimum Gasteiger partial charge on any atom is -0.457 e. The van der Waals surface area contributed by atoms with Crippen LogP contribution in [0.4, 0.5) is 5.69 Å². The number of benzene rings is 2. The third-order valence-corrected chi connectivity index (χ3v) is 4.40. The molecule has 0 aliphatic carbocycles. The molecule has 0 bridgehead atoms. The number of para-hydroxylation sites is 1. The van der Waals surface area contributed by atoms with Crippen molar-refractivity contribution in [2.45, 2.75) is 6.92 Å². The summed E-state index contributed by atoms with van der Waals surface area (Å²) >= 11 is 0. The van der Waals surface area contributed by atoms with Crippen molar-refractivity contribution in [1.29, 1.82) is 0 Å². The Morgan fingerprint density at radius 3 is 2.36 bits per heavy atom. The molecule has 3 aromatic rings. The van der Waals surface area contributed by atoms with E-state index in [0.29, 0.717) is 22.8 Å². The zero-order valence-corrected chi connectivity index (χ0v) is 15.0. The highest BCUT2D eigenvalue weighted by Gasteiger charge is 2.34. The SMILES string of the molecule is CC(=O)c1ccc(-c2ccc(C=C3C(=O)NN(c4ccccc4)C3=O)o2)cc1. The lowest BCUT2D eigenvalue weighted by Gasteiger charge is -2.13. The summed E-state index contributed by atoms with van der Waals surface area (Å²) in [4.78, 5) is 36.2. The van der Waals surface area contributed by atoms with Crippen molar-refractivity contribution in [3.8, 4) is 11.3 Å². The van der Waals surface area contributed by atoms with Gasteiger partial charge < -0.3 is 4.42 Å². The number of amides is 2. The van der Waals surface area contributed by atoms with Crippen molar-refractivity contribution < 1.29 is 18.8 Å². The highest BCUT2D eigenvalue weighted by atomic mass is 16.3. The van der Waals surface area contributed by atoms with Crippen LogP contribution in [0.5, 0.6) is 0 Å². The first kappa shape index (κ1) is 17.5. The van der Waals surface area contributed by atoms with Gasteiger partial charge in [-0.15, -0.1) is 0 Å². The van der Waals surface area contributed by atoms with Crippen LogP contribution in [0.25, 0.3) is 17.4 Å². The third kappa shape index (κ3) is 3.23. The van der Waals surface area contributed by atoms with Crippen LogP contribution >= 0.6 is 0 Å². The maximum atomic E-state index is 12.6. The van der Waals surface area contributed by atoms with Gasteiger partial charge in [-0.05, 0) is 37.3 Å². The van der Waals surface area contributed by atoms with E-state index in [-0.39, 0.29) is 11.4 Å². The molecule has 1 saturated heterocycles. The van der Waals surface area contributed by atoms with Gasteiger partial charge in [-0.25, -0.2) is 5.01 Å². The fourth-order valence-electron chi connectivity index (χ4n) is 2.91. The van der Waals surface area contributed by atoms with Crippen molar-refractivity contribution in [3.63, 3.8) is 0 Å². The second kappa shape index (κ2) is 7.00. The van der Waals surface area contributed by atoms with E-state index in [2.05, 4.69) is 5.43 Å². The van der Waals surface area contributed by atoms with Crippen LogP contribution in [0.15, 0.2) is 76.7 Å². The quantitative estimate of drug-likeness (QED) is 0.431. The van der Waals surface area contributed by atoms with E-state index in [4.69, 9.17) is 4.42 Å². The molecule has 0 unspecified atom stereocenters. The number of ketones is 1. The number of nitrogens with one attached hydrogen (secondary N) is 1. The standard InChI is InChI=1S/C22H16N2O4/c1-14(25)15-7-9-16(10-8-15)20-12-11-18(28-20)13-19-21(26)23-24(22(19)27)17-5-3-2-4-6-17/h2-13H,1H3,(H,23,26). The summed E-state index contributed by atoms with van der Waals surface area (Å²) in [6.45, 7) is 1.51. The third-order valence-electron chi connectivity index (χ3n) is 4.40. The number of hydrazine groups is 1. The molecule has 1 aliphatic rings. The zero-order chi connectivity index (χ0) is 19.7. The number of anilines is 1. The molecule has 4 rings (SSSR count). The van der Waals surface area contributed by atoms with E-state index in [1.54, 1.807) is 60.7 Å². The minimum absolute atomic E-state index is 0.00307. The van der Waals surface area contributed by atoms with Crippen LogP contribution < -0.4 is 10.4 Å². The molecule has 0 saturated carbocycles. The molecular formula is C22H16N2O4. The van der Waals surface area contributed by atoms with E-state index in [0.717, 1.165) is 5.56 Å². The lowest BCUT2D eigenvalue weighted by molar-refractivity contribution is -0.117. The average Bonchev–Trinajstić information content (AvgIpc) is 3.29. The molecule has 0 spiro atoms. The van der Waals surface area contributed by atoms with Crippen molar-refractivity contribution in [2.24, 2.45) is 0 Å². The van der Waals surface area contributed by atoms with Crippen molar-refractivity contribution in [3.05, 3.63) is 83.6 Å². The maximum absolute atomic E-state index is 12.6. The van der Waals surface area contributed by atoms with Gasteiger partial charge >= 0.3 is 0 Å². The highest BCUT2D eigenvalue weighted by molar-refractivity contribution is 6.31. The Balaban J connectivity index is 1.59. The van der Waals surface area contributed by atoms with Crippen LogP contribution in [-0.4, -0.2) is 17.6 Å². The summed E-state index contributed by atoms with van der Waals surface area (Å²) in [5.74, 6) is 0.0227. The predicted octanol–water partition coefficient (Wildman–Crippen LogP) is 3.61. The van der Waals surface area contributed by atoms with Gasteiger partial charge in [-0.1, -0.05) is 42.5 Å². The monoisotopic (exact) mass is 372 g/mol. The molecule has 2 amide bonds. The topological polar surface area (TPSA) is 79.6 Å². The first-order valence-electron chi connectivity index (χ1n) is 8.66. The number of carbonyl (C=O) groups is 3. The first-order valence-corrected chi connectivity index (χ1v) is 8.66. The molecule has 1 fully saturated rings. The Labute approximate surface area is 161 Å². The van der Waals surface area contributed by atoms with Crippen LogP contribution in [0.2, 0.25) is 0 Å². The lowest BCUT2D eigenvalue weighted by Crippen LogP contribution is -2.35. The van der Waals surface area contributed by atoms with Gasteiger partial charge in [0.15, 0.2) is 5.78 Å². The Hall–Kier alpha value is -3.93. The number of hydrogen-bond acceptors (Lipinski definition) is 4. The lowest BCUT2D eigenvalue weighted by atomic mass is 10.1. The number of hydrogen-bond donors (Lipinski definition) is 1. The molecule has 2 aromatic carbocycles. The molecule has 138 valence electrons. The molecule has 6 heteroatoms. The molecule has 1 aliphatic heterocycles. The van der Waals surface area contributed by atoms with E-state index in [1.165, 1.54) is 18.0 Å². The predicted molar refractivity (Wildman–Crippen MR) is 104 cm³/mol. The van der Waals surface area contributed by atoms with Gasteiger partial charge in [-0.3, -0.25) is 19.8 Å². The largest absolute Gasteiger partial charge is 0.457 e. The van der Waals surface area contributed by atoms with Crippen molar-refractivity contribution >= 4 is 29.4 Å². The van der Waals surface area contributed by atoms with Crippen molar-refractivity contribution in [2.75, 3.05) is 5.01 Å². The van der Waals surface area contributed by atoms with Gasteiger partial charge in [0.2, 0.25) is 0 Å². The van der Waals surface area contributed by atoms with Crippen LogP contribution in [0.3, 0.4) is 0 Å². The van der Waals surface area contributed by atoms with Gasteiger partial charge in [-0.2, -0.15) is 0 Å². The zero-order valence-electron chi connectivity index (χ0n) is 15.0. The van der Waals surface area contributed by atoms with Crippen LogP contribution in [0, 0.1) is 0 Å². The average molecular weight is 372 g/mol. The Bertz CT molecular complexity index is 1100. The summed E-state index contributed by atoms with van der Waals surface area (Å²) in [7, 11) is 0. The summed E-state index contributed by atoms with van der Waals surface area (Å²) in [6, 6.07) is 19.3. The Morgan fingerprint density at radius 1 is 0.964 bits per heavy atom. The second-order valence-corrected chi connectivity index (χ2v) is 6.31. The van der Waals surface area contributed by atoms with Crippen molar-refractivity contribution in [1.82, 2.24) is 5.43 Å². The molecule has 0 atom stereocenters. The molecular weight excluding hydrogens is 356 g/mol. The molecule has 1 N–H and O–H groups in total. The Morgan fingerprint density at radius 2 is 1.68 bits per heavy atom. The first-order chi connectivity index (χ1) is 13.5. The summed E-state index contributed by atoms with van der Waals surface area (Å²) < 4.78 is 5.76. The summed E-state index contributed by atoms with van der Waals surface area (Å²) in [5.41, 5.74) is 4.54. The summed E-state index contributed by atoms with van der Waals surface area (Å²) in [5, 5.41) is 1.21. The molecule has 6 nitrogen and oxygen atoms in total. The highest BCUT2D eigenvalue weighted by Crippen LogP contribution is 2.26. The summed E-state index contributed by atoms with van der Waals surface area (Å²) in [6.07, 6.45) is 1.42. The number of carbonyl (C=O) groups excluding carboxylic acids is 3. The number of rotatable bonds is 4. The fraction of sp³-hybridized carbons (Fsp3) is 0.0455. The number of furan rings is 1. The van der Waals surface area contributed by atoms with Gasteiger partial charge in [0.1, 0.15) is 17.1 Å². The second-order valence-electron chi connectivity index (χ2n) is 6.31. The number of Topliss-reactive ketones (excluding diaryl/α,β-unsaturated/α-hetero) is 1.